The molecular weight excluding hydrogens is 276 g/mol. The highest BCUT2D eigenvalue weighted by atomic mass is 16.5. The predicted octanol–water partition coefficient (Wildman–Crippen LogP) is 3.03. The van der Waals surface area contributed by atoms with Crippen LogP contribution in [0, 0.1) is 12.8 Å². The van der Waals surface area contributed by atoms with Crippen LogP contribution in [0.5, 0.6) is 5.75 Å². The molecule has 0 radical (unpaired) electrons. The van der Waals surface area contributed by atoms with Crippen LogP contribution in [0.25, 0.3) is 6.08 Å². The van der Waals surface area contributed by atoms with Crippen LogP contribution in [0.1, 0.15) is 30.7 Å². The van der Waals surface area contributed by atoms with Gasteiger partial charge < -0.3 is 9.30 Å². The lowest BCUT2D eigenvalue weighted by Crippen LogP contribution is -2.30. The minimum atomic E-state index is -0.00901. The van der Waals surface area contributed by atoms with Crippen molar-refractivity contribution in [3.8, 4) is 5.75 Å². The fourth-order valence-corrected chi connectivity index (χ4v) is 2.61. The second-order valence-corrected chi connectivity index (χ2v) is 6.00. The average Bonchev–Trinajstić information content (AvgIpc) is 2.52. The number of hydrogen-bond acceptors (Lipinski definition) is 3. The molecule has 0 aromatic carbocycles. The molecular formula is C18H20N2O2. The quantitative estimate of drug-likeness (QED) is 0.874. The second-order valence-electron chi connectivity index (χ2n) is 6.00. The Kier molecular flexibility index (Phi) is 3.84. The molecule has 3 heterocycles. The van der Waals surface area contributed by atoms with E-state index >= 15 is 0 Å². The van der Waals surface area contributed by atoms with E-state index in [1.807, 2.05) is 37.3 Å². The summed E-state index contributed by atoms with van der Waals surface area (Å²) in [6.07, 6.45) is 7.38. The lowest BCUT2D eigenvalue weighted by molar-refractivity contribution is 0.194. The molecule has 3 rings (SSSR count). The topological polar surface area (TPSA) is 44.1 Å². The van der Waals surface area contributed by atoms with Gasteiger partial charge in [-0.1, -0.05) is 13.8 Å². The Bertz CT molecular complexity index is 761. The molecule has 4 heteroatoms. The third kappa shape index (κ3) is 2.69. The summed E-state index contributed by atoms with van der Waals surface area (Å²) in [6, 6.07) is 5.80. The lowest BCUT2D eigenvalue weighted by Gasteiger charge is -2.25. The molecule has 114 valence electrons. The van der Waals surface area contributed by atoms with Crippen LogP contribution in [0.4, 0.5) is 0 Å². The zero-order valence-electron chi connectivity index (χ0n) is 13.1. The summed E-state index contributed by atoms with van der Waals surface area (Å²) in [6.45, 7) is 6.70. The van der Waals surface area contributed by atoms with E-state index in [0.29, 0.717) is 23.8 Å². The highest BCUT2D eigenvalue weighted by Crippen LogP contribution is 2.27. The molecule has 22 heavy (non-hydrogen) atoms. The van der Waals surface area contributed by atoms with Crippen molar-refractivity contribution in [3.63, 3.8) is 0 Å². The summed E-state index contributed by atoms with van der Waals surface area (Å²) in [5, 5.41) is 0. The van der Waals surface area contributed by atoms with Gasteiger partial charge in [-0.15, -0.1) is 0 Å². The molecule has 1 atom stereocenters. The first-order valence-corrected chi connectivity index (χ1v) is 7.54. The Morgan fingerprint density at radius 2 is 2.05 bits per heavy atom. The fourth-order valence-electron chi connectivity index (χ4n) is 2.61. The Morgan fingerprint density at radius 1 is 1.32 bits per heavy atom. The molecule has 0 N–H and O–H groups in total. The minimum Gasteiger partial charge on any atom is -0.485 e. The maximum absolute atomic E-state index is 12.7. The average molecular weight is 296 g/mol. The van der Waals surface area contributed by atoms with Gasteiger partial charge in [-0.3, -0.25) is 9.78 Å². The number of rotatable bonds is 3. The largest absolute Gasteiger partial charge is 0.485 e. The van der Waals surface area contributed by atoms with Gasteiger partial charge in [0.05, 0.1) is 12.1 Å². The van der Waals surface area contributed by atoms with Crippen molar-refractivity contribution in [2.45, 2.75) is 33.4 Å². The van der Waals surface area contributed by atoms with Crippen molar-refractivity contribution in [1.82, 2.24) is 9.55 Å². The summed E-state index contributed by atoms with van der Waals surface area (Å²) in [4.78, 5) is 16.7. The van der Waals surface area contributed by atoms with Gasteiger partial charge >= 0.3 is 0 Å². The number of aryl methyl sites for hydroxylation is 1. The molecule has 0 aliphatic carbocycles. The van der Waals surface area contributed by atoms with Crippen molar-refractivity contribution in [3.05, 3.63) is 63.8 Å². The first kappa shape index (κ1) is 14.6. The van der Waals surface area contributed by atoms with Gasteiger partial charge in [0, 0.05) is 24.2 Å². The Labute approximate surface area is 130 Å². The van der Waals surface area contributed by atoms with Crippen molar-refractivity contribution >= 4 is 6.08 Å². The molecule has 0 fully saturated rings. The maximum atomic E-state index is 12.7. The zero-order chi connectivity index (χ0) is 15.7. The fraction of sp³-hybridized carbons (Fsp3) is 0.333. The lowest BCUT2D eigenvalue weighted by atomic mass is 10.0. The van der Waals surface area contributed by atoms with Crippen molar-refractivity contribution in [2.75, 3.05) is 0 Å². The van der Waals surface area contributed by atoms with Gasteiger partial charge in [0.2, 0.25) is 0 Å². The summed E-state index contributed by atoms with van der Waals surface area (Å²) in [5.41, 5.74) is 2.58. The van der Waals surface area contributed by atoms with E-state index in [-0.39, 0.29) is 11.7 Å². The van der Waals surface area contributed by atoms with E-state index in [1.165, 1.54) is 0 Å². The van der Waals surface area contributed by atoms with Crippen molar-refractivity contribution in [1.29, 1.82) is 0 Å². The molecule has 1 aliphatic heterocycles. The normalized spacial score (nSPS) is 16.5. The van der Waals surface area contributed by atoms with Crippen LogP contribution in [-0.2, 0) is 6.54 Å². The van der Waals surface area contributed by atoms with Crippen LogP contribution in [0.2, 0.25) is 0 Å². The van der Waals surface area contributed by atoms with Crippen LogP contribution in [0.15, 0.2) is 41.5 Å². The van der Waals surface area contributed by atoms with Crippen LogP contribution < -0.4 is 10.3 Å². The van der Waals surface area contributed by atoms with Crippen molar-refractivity contribution in [2.24, 2.45) is 5.92 Å². The molecule has 4 nitrogen and oxygen atoms in total. The Balaban J connectivity index is 2.00. The van der Waals surface area contributed by atoms with Crippen molar-refractivity contribution < 1.29 is 4.74 Å². The number of ether oxygens (including phenoxy) is 1. The number of hydrogen-bond donors (Lipinski definition) is 0. The Hall–Kier alpha value is -2.36. The first-order chi connectivity index (χ1) is 10.6. The second kappa shape index (κ2) is 5.79. The molecule has 0 amide bonds. The zero-order valence-corrected chi connectivity index (χ0v) is 13.1. The van der Waals surface area contributed by atoms with E-state index in [1.54, 1.807) is 17.0 Å². The van der Waals surface area contributed by atoms with Crippen LogP contribution >= 0.6 is 0 Å². The summed E-state index contributed by atoms with van der Waals surface area (Å²) in [7, 11) is 0. The smallest absolute Gasteiger partial charge is 0.262 e. The third-order valence-electron chi connectivity index (χ3n) is 3.97. The summed E-state index contributed by atoms with van der Waals surface area (Å²) < 4.78 is 7.73. The monoisotopic (exact) mass is 296 g/mol. The van der Waals surface area contributed by atoms with E-state index in [9.17, 15) is 4.79 Å². The van der Waals surface area contributed by atoms with Gasteiger partial charge in [-0.25, -0.2) is 0 Å². The highest BCUT2D eigenvalue weighted by molar-refractivity contribution is 5.59. The van der Waals surface area contributed by atoms with E-state index in [2.05, 4.69) is 18.8 Å². The molecule has 1 aliphatic rings. The standard InChI is InChI=1S/C18H20N2O2/c1-12(2)16-5-4-15-17(22-16)10-13(3)20(18(15)21)11-14-6-8-19-9-7-14/h4-10,12,16H,11H2,1-3H3. The van der Waals surface area contributed by atoms with Gasteiger partial charge in [-0.2, -0.15) is 0 Å². The summed E-state index contributed by atoms with van der Waals surface area (Å²) in [5.74, 6) is 1.07. The molecule has 0 saturated carbocycles. The molecule has 0 bridgehead atoms. The SMILES string of the molecule is Cc1cc2c(c(=O)n1Cc1ccncc1)C=CC(C(C)C)O2. The number of nitrogens with zero attached hydrogens (tertiary/aromatic N) is 2. The summed E-state index contributed by atoms with van der Waals surface area (Å²) >= 11 is 0. The van der Waals surface area contributed by atoms with Gasteiger partial charge in [0.15, 0.2) is 0 Å². The predicted molar refractivity (Wildman–Crippen MR) is 87.1 cm³/mol. The van der Waals surface area contributed by atoms with Crippen LogP contribution in [-0.4, -0.2) is 15.7 Å². The Morgan fingerprint density at radius 3 is 2.73 bits per heavy atom. The minimum absolute atomic E-state index is 0.00901. The van der Waals surface area contributed by atoms with E-state index < -0.39 is 0 Å². The maximum Gasteiger partial charge on any atom is 0.262 e. The number of pyridine rings is 2. The van der Waals surface area contributed by atoms with E-state index in [4.69, 9.17) is 4.74 Å². The first-order valence-electron chi connectivity index (χ1n) is 7.54. The third-order valence-corrected chi connectivity index (χ3v) is 3.97. The van der Waals surface area contributed by atoms with Gasteiger partial charge in [0.25, 0.3) is 5.56 Å². The molecule has 2 aromatic rings. The molecule has 0 saturated heterocycles. The van der Waals surface area contributed by atoms with Gasteiger partial charge in [-0.05, 0) is 42.7 Å². The molecule has 0 spiro atoms. The number of fused-ring (bicyclic) bond motifs is 1. The van der Waals surface area contributed by atoms with Crippen LogP contribution in [0.3, 0.4) is 0 Å². The molecule has 1 unspecified atom stereocenters. The highest BCUT2D eigenvalue weighted by Gasteiger charge is 2.21. The number of aromatic nitrogens is 2. The molecule has 2 aromatic heterocycles. The van der Waals surface area contributed by atoms with E-state index in [0.717, 1.165) is 11.3 Å². The van der Waals surface area contributed by atoms with Gasteiger partial charge in [0.1, 0.15) is 11.9 Å².